The van der Waals surface area contributed by atoms with Gasteiger partial charge in [0, 0.05) is 17.5 Å². The Morgan fingerprint density at radius 2 is 2.16 bits per heavy atom. The Bertz CT molecular complexity index is 573. The minimum Gasteiger partial charge on any atom is -0.504 e. The van der Waals surface area contributed by atoms with Gasteiger partial charge in [0.15, 0.2) is 11.5 Å². The zero-order valence-electron chi connectivity index (χ0n) is 11.2. The van der Waals surface area contributed by atoms with E-state index < -0.39 is 5.54 Å². The van der Waals surface area contributed by atoms with E-state index in [0.29, 0.717) is 29.4 Å². The number of phenols is 1. The molecule has 0 radical (unpaired) electrons. The lowest BCUT2D eigenvalue weighted by atomic mass is 10.0. The molecule has 3 N–H and O–H groups in total. The minimum atomic E-state index is -0.406. The van der Waals surface area contributed by atoms with Crippen molar-refractivity contribution >= 4 is 0 Å². The number of benzene rings is 1. The highest BCUT2D eigenvalue weighted by atomic mass is 16.5. The van der Waals surface area contributed by atoms with Gasteiger partial charge in [0.05, 0.1) is 7.11 Å². The summed E-state index contributed by atoms with van der Waals surface area (Å²) in [5, 5.41) is 13.4. The summed E-state index contributed by atoms with van der Waals surface area (Å²) in [6, 6.07) is 4.87. The summed E-state index contributed by atoms with van der Waals surface area (Å²) < 4.78 is 10.2. The molecule has 6 heteroatoms. The molecule has 1 aromatic heterocycles. The molecule has 0 bridgehead atoms. The van der Waals surface area contributed by atoms with Crippen molar-refractivity contribution in [2.45, 2.75) is 25.8 Å². The highest BCUT2D eigenvalue weighted by Gasteiger charge is 2.18. The maximum absolute atomic E-state index is 9.53. The van der Waals surface area contributed by atoms with E-state index in [4.69, 9.17) is 15.0 Å². The molecular weight excluding hydrogens is 246 g/mol. The van der Waals surface area contributed by atoms with Crippen molar-refractivity contribution in [2.24, 2.45) is 5.73 Å². The maximum Gasteiger partial charge on any atom is 0.228 e. The van der Waals surface area contributed by atoms with Crippen LogP contribution in [0.1, 0.15) is 19.7 Å². The van der Waals surface area contributed by atoms with Gasteiger partial charge in [0.2, 0.25) is 11.7 Å². The number of aromatic nitrogens is 2. The van der Waals surface area contributed by atoms with Crippen molar-refractivity contribution in [3.8, 4) is 22.9 Å². The molecule has 19 heavy (non-hydrogen) atoms. The van der Waals surface area contributed by atoms with Crippen LogP contribution in [0.2, 0.25) is 0 Å². The molecule has 6 nitrogen and oxygen atoms in total. The van der Waals surface area contributed by atoms with Crippen LogP contribution in [0.5, 0.6) is 11.5 Å². The number of rotatable bonds is 4. The van der Waals surface area contributed by atoms with Crippen molar-refractivity contribution in [3.63, 3.8) is 0 Å². The van der Waals surface area contributed by atoms with Crippen molar-refractivity contribution in [1.82, 2.24) is 10.1 Å². The third-order valence-electron chi connectivity index (χ3n) is 2.51. The summed E-state index contributed by atoms with van der Waals surface area (Å²) in [6.07, 6.45) is 0.495. The largest absolute Gasteiger partial charge is 0.504 e. The normalized spacial score (nSPS) is 11.6. The molecule has 0 saturated carbocycles. The number of ether oxygens (including phenoxy) is 1. The van der Waals surface area contributed by atoms with Crippen LogP contribution in [0.4, 0.5) is 0 Å². The summed E-state index contributed by atoms with van der Waals surface area (Å²) in [6.45, 7) is 3.78. The summed E-state index contributed by atoms with van der Waals surface area (Å²) in [5.41, 5.74) is 6.20. The van der Waals surface area contributed by atoms with E-state index >= 15 is 0 Å². The molecule has 0 aliphatic carbocycles. The van der Waals surface area contributed by atoms with Crippen molar-refractivity contribution in [3.05, 3.63) is 24.1 Å². The van der Waals surface area contributed by atoms with Crippen LogP contribution >= 0.6 is 0 Å². The average Bonchev–Trinajstić information content (AvgIpc) is 2.75. The van der Waals surface area contributed by atoms with Crippen LogP contribution in [0.3, 0.4) is 0 Å². The van der Waals surface area contributed by atoms with Gasteiger partial charge in [-0.2, -0.15) is 4.98 Å². The monoisotopic (exact) mass is 263 g/mol. The fraction of sp³-hybridized carbons (Fsp3) is 0.385. The van der Waals surface area contributed by atoms with Gasteiger partial charge in [0.1, 0.15) is 0 Å². The molecule has 2 rings (SSSR count). The molecule has 0 spiro atoms. The summed E-state index contributed by atoms with van der Waals surface area (Å²) in [5.74, 6) is 1.35. The number of methoxy groups -OCH3 is 1. The van der Waals surface area contributed by atoms with Crippen LogP contribution in [-0.2, 0) is 6.42 Å². The van der Waals surface area contributed by atoms with Gasteiger partial charge in [-0.15, -0.1) is 0 Å². The standard InChI is InChI=1S/C13H17N3O3/c1-13(2,14)7-11-15-12(16-19-11)8-4-5-9(17)10(6-8)18-3/h4-6,17H,7,14H2,1-3H3. The third kappa shape index (κ3) is 3.23. The van der Waals surface area contributed by atoms with Gasteiger partial charge in [-0.3, -0.25) is 0 Å². The van der Waals surface area contributed by atoms with E-state index in [0.717, 1.165) is 0 Å². The fourth-order valence-corrected chi connectivity index (χ4v) is 1.65. The SMILES string of the molecule is COc1cc(-c2noc(CC(C)(C)N)n2)ccc1O. The second-order valence-electron chi connectivity index (χ2n) is 5.06. The number of phenolic OH excluding ortho intramolecular Hbond substituents is 1. The van der Waals surface area contributed by atoms with E-state index in [1.54, 1.807) is 12.1 Å². The average molecular weight is 263 g/mol. The quantitative estimate of drug-likeness (QED) is 0.872. The van der Waals surface area contributed by atoms with Crippen LogP contribution in [-0.4, -0.2) is 27.9 Å². The highest BCUT2D eigenvalue weighted by molar-refractivity contribution is 5.60. The second-order valence-corrected chi connectivity index (χ2v) is 5.06. The molecule has 0 unspecified atom stereocenters. The predicted octanol–water partition coefficient (Wildman–Crippen LogP) is 1.73. The molecule has 0 aliphatic heterocycles. The fourth-order valence-electron chi connectivity index (χ4n) is 1.65. The molecule has 102 valence electrons. The summed E-state index contributed by atoms with van der Waals surface area (Å²) in [4.78, 5) is 4.28. The zero-order chi connectivity index (χ0) is 14.0. The highest BCUT2D eigenvalue weighted by Crippen LogP contribution is 2.30. The first-order valence-electron chi connectivity index (χ1n) is 5.88. The van der Waals surface area contributed by atoms with Crippen LogP contribution in [0.15, 0.2) is 22.7 Å². The number of nitrogens with two attached hydrogens (primary N) is 1. The lowest BCUT2D eigenvalue weighted by molar-refractivity contribution is 0.348. The van der Waals surface area contributed by atoms with Gasteiger partial charge in [-0.05, 0) is 32.0 Å². The molecule has 0 fully saturated rings. The Morgan fingerprint density at radius 1 is 1.42 bits per heavy atom. The Labute approximate surface area is 111 Å². The lowest BCUT2D eigenvalue weighted by Gasteiger charge is -2.14. The van der Waals surface area contributed by atoms with E-state index in [1.165, 1.54) is 13.2 Å². The number of hydrogen-bond donors (Lipinski definition) is 2. The van der Waals surface area contributed by atoms with Gasteiger partial charge in [-0.25, -0.2) is 0 Å². The Kier molecular flexibility index (Phi) is 3.44. The zero-order valence-corrected chi connectivity index (χ0v) is 11.2. The van der Waals surface area contributed by atoms with Crippen LogP contribution < -0.4 is 10.5 Å². The molecule has 0 atom stereocenters. The van der Waals surface area contributed by atoms with Crippen LogP contribution in [0, 0.1) is 0 Å². The number of nitrogens with zero attached hydrogens (tertiary/aromatic N) is 2. The topological polar surface area (TPSA) is 94.4 Å². The summed E-state index contributed by atoms with van der Waals surface area (Å²) in [7, 11) is 1.48. The smallest absolute Gasteiger partial charge is 0.228 e. The van der Waals surface area contributed by atoms with Crippen molar-refractivity contribution < 1.29 is 14.4 Å². The lowest BCUT2D eigenvalue weighted by Crippen LogP contribution is -2.34. The first-order valence-corrected chi connectivity index (χ1v) is 5.88. The molecular formula is C13H17N3O3. The van der Waals surface area contributed by atoms with Crippen molar-refractivity contribution in [1.29, 1.82) is 0 Å². The van der Waals surface area contributed by atoms with Gasteiger partial charge >= 0.3 is 0 Å². The van der Waals surface area contributed by atoms with Gasteiger partial charge < -0.3 is 20.1 Å². The Hall–Kier alpha value is -2.08. The predicted molar refractivity (Wildman–Crippen MR) is 69.9 cm³/mol. The number of hydrogen-bond acceptors (Lipinski definition) is 6. The minimum absolute atomic E-state index is 0.0676. The van der Waals surface area contributed by atoms with E-state index in [-0.39, 0.29) is 5.75 Å². The van der Waals surface area contributed by atoms with Gasteiger partial charge in [0.25, 0.3) is 0 Å². The molecule has 1 heterocycles. The molecule has 0 aliphatic rings. The third-order valence-corrected chi connectivity index (χ3v) is 2.51. The van der Waals surface area contributed by atoms with E-state index in [1.807, 2.05) is 13.8 Å². The van der Waals surface area contributed by atoms with Crippen LogP contribution in [0.25, 0.3) is 11.4 Å². The first-order chi connectivity index (χ1) is 8.89. The summed E-state index contributed by atoms with van der Waals surface area (Å²) >= 11 is 0. The number of aromatic hydroxyl groups is 1. The molecule has 0 amide bonds. The second kappa shape index (κ2) is 4.89. The first kappa shape index (κ1) is 13.4. The molecule has 2 aromatic rings. The van der Waals surface area contributed by atoms with Gasteiger partial charge in [-0.1, -0.05) is 5.16 Å². The molecule has 0 saturated heterocycles. The maximum atomic E-state index is 9.53. The Morgan fingerprint density at radius 3 is 2.79 bits per heavy atom. The Balaban J connectivity index is 2.28. The van der Waals surface area contributed by atoms with E-state index in [9.17, 15) is 5.11 Å². The molecule has 1 aromatic carbocycles. The van der Waals surface area contributed by atoms with E-state index in [2.05, 4.69) is 10.1 Å². The van der Waals surface area contributed by atoms with Crippen molar-refractivity contribution in [2.75, 3.05) is 7.11 Å².